The maximum atomic E-state index is 13.2. The van der Waals surface area contributed by atoms with Crippen LogP contribution in [0.15, 0.2) is 45.3 Å². The summed E-state index contributed by atoms with van der Waals surface area (Å²) < 4.78 is 19.8. The fraction of sp³-hybridized carbons (Fsp3) is 0. The standard InChI is InChI=1S/C13H7Br2FO3/c14-7-1-2-11(13(17)18)12(5-7)19-10-4-8(15)3-9(16)6-10/h1-6H,(H,17,18). The lowest BCUT2D eigenvalue weighted by molar-refractivity contribution is 0.0694. The van der Waals surface area contributed by atoms with E-state index < -0.39 is 11.8 Å². The van der Waals surface area contributed by atoms with Crippen LogP contribution in [-0.2, 0) is 0 Å². The maximum Gasteiger partial charge on any atom is 0.339 e. The third-order valence-electron chi connectivity index (χ3n) is 2.24. The van der Waals surface area contributed by atoms with E-state index in [0.29, 0.717) is 8.95 Å². The molecular weight excluding hydrogens is 383 g/mol. The topological polar surface area (TPSA) is 46.5 Å². The molecule has 0 unspecified atom stereocenters. The number of rotatable bonds is 3. The van der Waals surface area contributed by atoms with Gasteiger partial charge < -0.3 is 9.84 Å². The van der Waals surface area contributed by atoms with Crippen LogP contribution in [0.5, 0.6) is 11.5 Å². The van der Waals surface area contributed by atoms with Gasteiger partial charge in [0.15, 0.2) is 0 Å². The van der Waals surface area contributed by atoms with Gasteiger partial charge in [0.05, 0.1) is 0 Å². The van der Waals surface area contributed by atoms with E-state index >= 15 is 0 Å². The zero-order chi connectivity index (χ0) is 14.0. The summed E-state index contributed by atoms with van der Waals surface area (Å²) in [5.41, 5.74) is 0.00332. The second-order valence-corrected chi connectivity index (χ2v) is 5.48. The first-order valence-electron chi connectivity index (χ1n) is 5.12. The Balaban J connectivity index is 2.42. The van der Waals surface area contributed by atoms with Crippen molar-refractivity contribution in [2.75, 3.05) is 0 Å². The number of aromatic carboxylic acids is 1. The molecule has 0 bridgehead atoms. The Morgan fingerprint density at radius 1 is 1.11 bits per heavy atom. The average Bonchev–Trinajstić information content (AvgIpc) is 2.26. The molecule has 19 heavy (non-hydrogen) atoms. The molecule has 3 nitrogen and oxygen atoms in total. The molecule has 0 aromatic heterocycles. The van der Waals surface area contributed by atoms with Crippen LogP contribution >= 0.6 is 31.9 Å². The molecule has 0 radical (unpaired) electrons. The number of carbonyl (C=O) groups is 1. The van der Waals surface area contributed by atoms with Crippen LogP contribution in [0.3, 0.4) is 0 Å². The van der Waals surface area contributed by atoms with Gasteiger partial charge in [-0.05, 0) is 30.3 Å². The molecule has 0 spiro atoms. The Kier molecular flexibility index (Phi) is 4.21. The summed E-state index contributed by atoms with van der Waals surface area (Å²) in [6.45, 7) is 0. The normalized spacial score (nSPS) is 10.3. The van der Waals surface area contributed by atoms with Crippen LogP contribution in [-0.4, -0.2) is 11.1 Å². The van der Waals surface area contributed by atoms with E-state index in [9.17, 15) is 9.18 Å². The van der Waals surface area contributed by atoms with Crippen LogP contribution in [0.2, 0.25) is 0 Å². The summed E-state index contributed by atoms with van der Waals surface area (Å²) in [6.07, 6.45) is 0. The second-order valence-electron chi connectivity index (χ2n) is 3.65. The van der Waals surface area contributed by atoms with Crippen LogP contribution in [0.25, 0.3) is 0 Å². The first kappa shape index (κ1) is 14.0. The highest BCUT2D eigenvalue weighted by molar-refractivity contribution is 9.10. The smallest absolute Gasteiger partial charge is 0.339 e. The molecule has 0 aliphatic rings. The van der Waals surface area contributed by atoms with Gasteiger partial charge in [-0.25, -0.2) is 9.18 Å². The molecule has 0 aliphatic carbocycles. The average molecular weight is 390 g/mol. The van der Waals surface area contributed by atoms with Gasteiger partial charge in [0.1, 0.15) is 22.9 Å². The summed E-state index contributed by atoms with van der Waals surface area (Å²) in [7, 11) is 0. The summed E-state index contributed by atoms with van der Waals surface area (Å²) in [4.78, 5) is 11.1. The number of carboxylic acid groups (broad SMARTS) is 1. The molecule has 0 saturated carbocycles. The summed E-state index contributed by atoms with van der Waals surface area (Å²) in [6, 6.07) is 8.54. The van der Waals surface area contributed by atoms with E-state index in [2.05, 4.69) is 31.9 Å². The molecule has 2 aromatic carbocycles. The van der Waals surface area contributed by atoms with Crippen molar-refractivity contribution in [3.8, 4) is 11.5 Å². The van der Waals surface area contributed by atoms with Crippen LogP contribution in [0, 0.1) is 5.82 Å². The van der Waals surface area contributed by atoms with E-state index in [4.69, 9.17) is 9.84 Å². The fourth-order valence-corrected chi connectivity index (χ4v) is 2.26. The van der Waals surface area contributed by atoms with Crippen molar-refractivity contribution in [3.63, 3.8) is 0 Å². The van der Waals surface area contributed by atoms with Gasteiger partial charge in [-0.1, -0.05) is 31.9 Å². The highest BCUT2D eigenvalue weighted by atomic mass is 79.9. The molecule has 2 aromatic rings. The van der Waals surface area contributed by atoms with Crippen molar-refractivity contribution in [1.29, 1.82) is 0 Å². The summed E-state index contributed by atoms with van der Waals surface area (Å²) in [5.74, 6) is -1.24. The van der Waals surface area contributed by atoms with Gasteiger partial charge in [0.2, 0.25) is 0 Å². The number of hydrogen-bond donors (Lipinski definition) is 1. The number of ether oxygens (including phenoxy) is 1. The number of carboxylic acids is 1. The SMILES string of the molecule is O=C(O)c1ccc(Br)cc1Oc1cc(F)cc(Br)c1. The zero-order valence-electron chi connectivity index (χ0n) is 9.36. The van der Waals surface area contributed by atoms with Crippen molar-refractivity contribution in [2.24, 2.45) is 0 Å². The van der Waals surface area contributed by atoms with Crippen molar-refractivity contribution in [1.82, 2.24) is 0 Å². The predicted molar refractivity (Wildman–Crippen MR) is 75.3 cm³/mol. The van der Waals surface area contributed by atoms with Crippen molar-refractivity contribution in [2.45, 2.75) is 0 Å². The van der Waals surface area contributed by atoms with Crippen LogP contribution < -0.4 is 4.74 Å². The Labute approximate surface area is 125 Å². The highest BCUT2D eigenvalue weighted by Gasteiger charge is 2.13. The van der Waals surface area contributed by atoms with Crippen molar-refractivity contribution >= 4 is 37.8 Å². The van der Waals surface area contributed by atoms with Crippen molar-refractivity contribution < 1.29 is 19.0 Å². The lowest BCUT2D eigenvalue weighted by Gasteiger charge is -2.09. The Bertz CT molecular complexity index is 624. The largest absolute Gasteiger partial charge is 0.478 e. The van der Waals surface area contributed by atoms with Gasteiger partial charge in [0.25, 0.3) is 0 Å². The molecule has 98 valence electrons. The number of benzene rings is 2. The molecular formula is C13H7Br2FO3. The first-order chi connectivity index (χ1) is 8.95. The van der Waals surface area contributed by atoms with Gasteiger partial charge in [-0.3, -0.25) is 0 Å². The van der Waals surface area contributed by atoms with Gasteiger partial charge in [-0.15, -0.1) is 0 Å². The number of hydrogen-bond acceptors (Lipinski definition) is 2. The minimum Gasteiger partial charge on any atom is -0.478 e. The molecule has 2 rings (SSSR count). The Hall–Kier alpha value is -1.40. The summed E-state index contributed by atoms with van der Waals surface area (Å²) >= 11 is 6.37. The Morgan fingerprint density at radius 2 is 1.84 bits per heavy atom. The Morgan fingerprint density at radius 3 is 2.47 bits per heavy atom. The first-order valence-corrected chi connectivity index (χ1v) is 6.71. The molecule has 1 N–H and O–H groups in total. The third-order valence-corrected chi connectivity index (χ3v) is 3.19. The van der Waals surface area contributed by atoms with E-state index in [1.54, 1.807) is 12.1 Å². The molecule has 6 heteroatoms. The minimum atomic E-state index is -1.11. The number of halogens is 3. The molecule has 0 aliphatic heterocycles. The highest BCUT2D eigenvalue weighted by Crippen LogP contribution is 2.30. The third kappa shape index (κ3) is 3.54. The zero-order valence-corrected chi connectivity index (χ0v) is 12.5. The second kappa shape index (κ2) is 5.71. The predicted octanol–water partition coefficient (Wildman–Crippen LogP) is 4.84. The van der Waals surface area contributed by atoms with E-state index in [1.807, 2.05) is 0 Å². The maximum absolute atomic E-state index is 13.2. The van der Waals surface area contributed by atoms with Gasteiger partial charge in [-0.2, -0.15) is 0 Å². The lowest BCUT2D eigenvalue weighted by Crippen LogP contribution is -2.00. The van der Waals surface area contributed by atoms with E-state index in [1.165, 1.54) is 24.3 Å². The quantitative estimate of drug-likeness (QED) is 0.816. The molecule has 0 heterocycles. The van der Waals surface area contributed by atoms with E-state index in [0.717, 1.165) is 0 Å². The monoisotopic (exact) mass is 388 g/mol. The van der Waals surface area contributed by atoms with E-state index in [-0.39, 0.29) is 17.1 Å². The minimum absolute atomic E-state index is 0.00332. The molecule has 0 fully saturated rings. The van der Waals surface area contributed by atoms with Crippen LogP contribution in [0.4, 0.5) is 4.39 Å². The fourth-order valence-electron chi connectivity index (χ4n) is 1.47. The van der Waals surface area contributed by atoms with Crippen LogP contribution in [0.1, 0.15) is 10.4 Å². The summed E-state index contributed by atoms with van der Waals surface area (Å²) in [5, 5.41) is 9.07. The molecule has 0 atom stereocenters. The van der Waals surface area contributed by atoms with Crippen molar-refractivity contribution in [3.05, 3.63) is 56.7 Å². The van der Waals surface area contributed by atoms with Gasteiger partial charge in [0, 0.05) is 15.0 Å². The molecule has 0 amide bonds. The van der Waals surface area contributed by atoms with Gasteiger partial charge >= 0.3 is 5.97 Å². The lowest BCUT2D eigenvalue weighted by atomic mass is 10.2. The molecule has 0 saturated heterocycles.